The first-order chi connectivity index (χ1) is 18.0. The summed E-state index contributed by atoms with van der Waals surface area (Å²) in [7, 11) is 1.64. The molecule has 0 aliphatic carbocycles. The Hall–Kier alpha value is -2.68. The predicted octanol–water partition coefficient (Wildman–Crippen LogP) is 5.44. The highest BCUT2D eigenvalue weighted by molar-refractivity contribution is 7.99. The minimum atomic E-state index is -0.736. The molecule has 7 nitrogen and oxygen atoms in total. The number of hydrogen-bond donors (Lipinski definition) is 2. The molecule has 0 spiro atoms. The minimum absolute atomic E-state index is 0.196. The molecule has 3 aromatic rings. The average Bonchev–Trinajstić information content (AvgIpc) is 2.93. The van der Waals surface area contributed by atoms with E-state index >= 15 is 0 Å². The normalized spacial score (nSPS) is 19.1. The van der Waals surface area contributed by atoms with Gasteiger partial charge in [0, 0.05) is 36.5 Å². The minimum Gasteiger partial charge on any atom is -0.497 e. The molecule has 198 valence electrons. The van der Waals surface area contributed by atoms with Crippen LogP contribution < -0.4 is 4.74 Å². The van der Waals surface area contributed by atoms with Crippen LogP contribution >= 0.6 is 11.8 Å². The van der Waals surface area contributed by atoms with Gasteiger partial charge in [-0.1, -0.05) is 6.07 Å². The topological polar surface area (TPSA) is 95.8 Å². The summed E-state index contributed by atoms with van der Waals surface area (Å²) in [5, 5.41) is 22.4. The van der Waals surface area contributed by atoms with Crippen molar-refractivity contribution >= 4 is 28.6 Å². The third kappa shape index (κ3) is 7.90. The second kappa shape index (κ2) is 13.7. The van der Waals surface area contributed by atoms with Crippen LogP contribution in [0.3, 0.4) is 0 Å². The van der Waals surface area contributed by atoms with Gasteiger partial charge in [0.05, 0.1) is 23.8 Å². The Bertz CT molecular complexity index is 1150. The number of aliphatic hydroxyl groups excluding tert-OH is 1. The third-order valence-corrected chi connectivity index (χ3v) is 8.39. The SMILES string of the molecule is COc1ccc2nccc([C@H](O)CC[C@@H]3CCN(CCCSc4ccccn4)C[C@H]3CCC(=O)O)c2c1. The summed E-state index contributed by atoms with van der Waals surface area (Å²) in [5.74, 6) is 1.77. The summed E-state index contributed by atoms with van der Waals surface area (Å²) < 4.78 is 5.37. The van der Waals surface area contributed by atoms with Gasteiger partial charge in [-0.3, -0.25) is 9.78 Å². The lowest BCUT2D eigenvalue weighted by atomic mass is 9.79. The molecule has 0 radical (unpaired) electrons. The van der Waals surface area contributed by atoms with Crippen molar-refractivity contribution in [1.82, 2.24) is 14.9 Å². The number of carbonyl (C=O) groups is 1. The largest absolute Gasteiger partial charge is 0.497 e. The van der Waals surface area contributed by atoms with Crippen LogP contribution in [0.2, 0.25) is 0 Å². The van der Waals surface area contributed by atoms with E-state index in [-0.39, 0.29) is 6.42 Å². The summed E-state index contributed by atoms with van der Waals surface area (Å²) in [4.78, 5) is 22.6. The van der Waals surface area contributed by atoms with Crippen molar-refractivity contribution in [1.29, 1.82) is 0 Å². The number of aliphatic carboxylic acids is 1. The average molecular weight is 524 g/mol. The van der Waals surface area contributed by atoms with Crippen molar-refractivity contribution in [2.75, 3.05) is 32.5 Å². The number of fused-ring (bicyclic) bond motifs is 1. The molecule has 0 unspecified atom stereocenters. The molecule has 1 saturated heterocycles. The van der Waals surface area contributed by atoms with Crippen molar-refractivity contribution in [3.8, 4) is 5.75 Å². The molecule has 3 atom stereocenters. The second-order valence-corrected chi connectivity index (χ2v) is 10.9. The van der Waals surface area contributed by atoms with Gasteiger partial charge in [-0.05, 0) is 99.0 Å². The van der Waals surface area contributed by atoms with E-state index in [2.05, 4.69) is 14.9 Å². The van der Waals surface area contributed by atoms with Gasteiger partial charge in [-0.2, -0.15) is 0 Å². The zero-order valence-electron chi connectivity index (χ0n) is 21.5. The number of pyridine rings is 2. The van der Waals surface area contributed by atoms with E-state index in [1.54, 1.807) is 25.1 Å². The molecule has 4 rings (SSSR count). The van der Waals surface area contributed by atoms with E-state index in [1.165, 1.54) is 0 Å². The Morgan fingerprint density at radius 1 is 1.16 bits per heavy atom. The first-order valence-corrected chi connectivity index (χ1v) is 14.1. The zero-order chi connectivity index (χ0) is 26.0. The monoisotopic (exact) mass is 523 g/mol. The second-order valence-electron chi connectivity index (χ2n) is 9.79. The van der Waals surface area contributed by atoms with E-state index in [1.807, 2.05) is 48.7 Å². The van der Waals surface area contributed by atoms with Crippen LogP contribution in [0.5, 0.6) is 5.75 Å². The molecular formula is C29H37N3O4S. The van der Waals surface area contributed by atoms with E-state index in [4.69, 9.17) is 4.74 Å². The molecule has 2 N–H and O–H groups in total. The molecule has 1 aliphatic heterocycles. The summed E-state index contributed by atoms with van der Waals surface area (Å²) >= 11 is 1.78. The van der Waals surface area contributed by atoms with Crippen LogP contribution in [0.25, 0.3) is 10.9 Å². The lowest BCUT2D eigenvalue weighted by molar-refractivity contribution is -0.137. The third-order valence-electron chi connectivity index (χ3n) is 7.36. The van der Waals surface area contributed by atoms with Gasteiger partial charge in [0.2, 0.25) is 0 Å². The number of carboxylic acid groups (broad SMARTS) is 1. The fourth-order valence-electron chi connectivity index (χ4n) is 5.36. The highest BCUT2D eigenvalue weighted by Gasteiger charge is 2.30. The van der Waals surface area contributed by atoms with Crippen molar-refractivity contribution in [2.45, 2.75) is 49.7 Å². The van der Waals surface area contributed by atoms with Gasteiger partial charge in [0.15, 0.2) is 0 Å². The number of ether oxygens (including phenoxy) is 1. The summed E-state index contributed by atoms with van der Waals surface area (Å²) in [6, 6.07) is 13.6. The van der Waals surface area contributed by atoms with Gasteiger partial charge in [-0.15, -0.1) is 11.8 Å². The number of aliphatic hydroxyl groups is 1. The van der Waals surface area contributed by atoms with Crippen LogP contribution in [-0.4, -0.2) is 63.5 Å². The number of benzene rings is 1. The van der Waals surface area contributed by atoms with Crippen LogP contribution in [0, 0.1) is 11.8 Å². The lowest BCUT2D eigenvalue weighted by Gasteiger charge is -2.39. The van der Waals surface area contributed by atoms with Gasteiger partial charge >= 0.3 is 5.97 Å². The number of piperidine rings is 1. The molecular weight excluding hydrogens is 486 g/mol. The highest BCUT2D eigenvalue weighted by Crippen LogP contribution is 2.35. The zero-order valence-corrected chi connectivity index (χ0v) is 22.3. The number of carboxylic acids is 1. The van der Waals surface area contributed by atoms with Gasteiger partial charge in [0.25, 0.3) is 0 Å². The Kier molecular flexibility index (Phi) is 10.2. The van der Waals surface area contributed by atoms with Crippen molar-refractivity contribution < 1.29 is 19.7 Å². The number of nitrogens with zero attached hydrogens (tertiary/aromatic N) is 3. The molecule has 2 aromatic heterocycles. The molecule has 37 heavy (non-hydrogen) atoms. The number of likely N-dealkylation sites (tertiary alicyclic amines) is 1. The maximum absolute atomic E-state index is 11.3. The summed E-state index contributed by atoms with van der Waals surface area (Å²) in [6.45, 7) is 2.97. The number of hydrogen-bond acceptors (Lipinski definition) is 7. The van der Waals surface area contributed by atoms with Gasteiger partial charge in [-0.25, -0.2) is 4.98 Å². The quantitative estimate of drug-likeness (QED) is 0.226. The van der Waals surface area contributed by atoms with Crippen LogP contribution in [0.4, 0.5) is 0 Å². The van der Waals surface area contributed by atoms with E-state index in [0.717, 1.165) is 71.9 Å². The smallest absolute Gasteiger partial charge is 0.303 e. The molecule has 1 aliphatic rings. The molecule has 8 heteroatoms. The first-order valence-electron chi connectivity index (χ1n) is 13.1. The molecule has 1 fully saturated rings. The lowest BCUT2D eigenvalue weighted by Crippen LogP contribution is -2.41. The van der Waals surface area contributed by atoms with E-state index < -0.39 is 12.1 Å². The van der Waals surface area contributed by atoms with Crippen LogP contribution in [0.1, 0.15) is 50.2 Å². The highest BCUT2D eigenvalue weighted by atomic mass is 32.2. The van der Waals surface area contributed by atoms with Crippen LogP contribution in [0.15, 0.2) is 59.9 Å². The Morgan fingerprint density at radius 3 is 2.84 bits per heavy atom. The Balaban J connectivity index is 1.32. The number of aromatic nitrogens is 2. The fraction of sp³-hybridized carbons (Fsp3) is 0.483. The molecule has 0 saturated carbocycles. The summed E-state index contributed by atoms with van der Waals surface area (Å²) in [6.07, 6.45) is 7.49. The van der Waals surface area contributed by atoms with Crippen molar-refractivity contribution in [3.63, 3.8) is 0 Å². The first kappa shape index (κ1) is 27.4. The van der Waals surface area contributed by atoms with Gasteiger partial charge < -0.3 is 19.8 Å². The molecule has 1 aromatic carbocycles. The van der Waals surface area contributed by atoms with E-state index in [9.17, 15) is 15.0 Å². The van der Waals surface area contributed by atoms with E-state index in [0.29, 0.717) is 24.7 Å². The maximum atomic E-state index is 11.3. The fourth-order valence-corrected chi connectivity index (χ4v) is 6.16. The number of thioether (sulfide) groups is 1. The van der Waals surface area contributed by atoms with Crippen molar-refractivity contribution in [3.05, 3.63) is 60.4 Å². The van der Waals surface area contributed by atoms with Crippen molar-refractivity contribution in [2.24, 2.45) is 11.8 Å². The standard InChI is InChI=1S/C29H37N3O4S/c1-36-23-8-9-26-25(19-23)24(12-15-30-26)27(33)10-6-21-13-17-32(20-22(21)7-11-29(34)35)16-4-18-37-28-5-2-3-14-31-28/h2-3,5,8-9,12,14-15,19,21-22,27,33H,4,6-7,10-11,13,16-18,20H2,1H3,(H,34,35)/t21-,22-,27-/m1/s1. The van der Waals surface area contributed by atoms with Gasteiger partial charge in [0.1, 0.15) is 5.75 Å². The molecule has 0 bridgehead atoms. The number of methoxy groups -OCH3 is 1. The molecule has 0 amide bonds. The predicted molar refractivity (Wildman–Crippen MR) is 147 cm³/mol. The maximum Gasteiger partial charge on any atom is 0.303 e. The Labute approximate surface area is 223 Å². The summed E-state index contributed by atoms with van der Waals surface area (Å²) in [5.41, 5.74) is 1.71. The van der Waals surface area contributed by atoms with Crippen LogP contribution in [-0.2, 0) is 4.79 Å². The number of rotatable bonds is 13. The Morgan fingerprint density at radius 2 is 2.05 bits per heavy atom. The molecule has 3 heterocycles.